The number of hydrogen-bond acceptors (Lipinski definition) is 4. The first-order valence-electron chi connectivity index (χ1n) is 5.35. The monoisotopic (exact) mass is 281 g/mol. The van der Waals surface area contributed by atoms with Crippen LogP contribution >= 0.6 is 22.9 Å². The fourth-order valence-electron chi connectivity index (χ4n) is 1.53. The molecule has 0 amide bonds. The minimum Gasteiger partial charge on any atom is -0.465 e. The normalized spacial score (nSPS) is 10.4. The SMILES string of the molecule is COC(=O)c1sc(-c2ccc(C)c(Cl)c2)nc1C. The average molecular weight is 282 g/mol. The zero-order valence-electron chi connectivity index (χ0n) is 10.3. The Labute approximate surface area is 114 Å². The Morgan fingerprint density at radius 1 is 1.39 bits per heavy atom. The molecular formula is C13H12ClNO2S. The fourth-order valence-corrected chi connectivity index (χ4v) is 2.69. The van der Waals surface area contributed by atoms with E-state index in [1.54, 1.807) is 6.92 Å². The molecule has 2 rings (SSSR count). The number of nitrogens with zero attached hydrogens (tertiary/aromatic N) is 1. The largest absolute Gasteiger partial charge is 0.465 e. The molecule has 0 saturated carbocycles. The molecule has 0 bridgehead atoms. The Morgan fingerprint density at radius 3 is 2.72 bits per heavy atom. The quantitative estimate of drug-likeness (QED) is 0.785. The van der Waals surface area contributed by atoms with Gasteiger partial charge in [-0.25, -0.2) is 9.78 Å². The van der Waals surface area contributed by atoms with Crippen LogP contribution in [0.25, 0.3) is 10.6 Å². The smallest absolute Gasteiger partial charge is 0.349 e. The van der Waals surface area contributed by atoms with Crippen LogP contribution in [0.1, 0.15) is 20.9 Å². The number of methoxy groups -OCH3 is 1. The van der Waals surface area contributed by atoms with Crippen molar-refractivity contribution in [1.29, 1.82) is 0 Å². The van der Waals surface area contributed by atoms with Gasteiger partial charge in [-0.05, 0) is 25.5 Å². The van der Waals surface area contributed by atoms with Crippen molar-refractivity contribution in [3.63, 3.8) is 0 Å². The number of halogens is 1. The molecule has 0 fully saturated rings. The molecule has 2 aromatic rings. The van der Waals surface area contributed by atoms with Crippen LogP contribution in [-0.4, -0.2) is 18.1 Å². The number of carbonyl (C=O) groups excluding carboxylic acids is 1. The van der Waals surface area contributed by atoms with Gasteiger partial charge in [-0.1, -0.05) is 23.7 Å². The van der Waals surface area contributed by atoms with Gasteiger partial charge in [-0.3, -0.25) is 0 Å². The lowest BCUT2D eigenvalue weighted by Gasteiger charge is -2.00. The van der Waals surface area contributed by atoms with Gasteiger partial charge in [0.05, 0.1) is 12.8 Å². The van der Waals surface area contributed by atoms with E-state index in [0.717, 1.165) is 16.1 Å². The Bertz CT molecular complexity index is 607. The summed E-state index contributed by atoms with van der Waals surface area (Å²) in [5.41, 5.74) is 2.61. The van der Waals surface area contributed by atoms with Gasteiger partial charge in [0.2, 0.25) is 0 Å². The van der Waals surface area contributed by atoms with Crippen LogP contribution in [-0.2, 0) is 4.74 Å². The van der Waals surface area contributed by atoms with Crippen LogP contribution in [0.2, 0.25) is 5.02 Å². The Morgan fingerprint density at radius 2 is 2.11 bits per heavy atom. The van der Waals surface area contributed by atoms with Crippen molar-refractivity contribution in [1.82, 2.24) is 4.98 Å². The zero-order chi connectivity index (χ0) is 13.3. The van der Waals surface area contributed by atoms with E-state index in [1.165, 1.54) is 18.4 Å². The summed E-state index contributed by atoms with van der Waals surface area (Å²) in [6.07, 6.45) is 0. The third-order valence-electron chi connectivity index (χ3n) is 2.59. The Hall–Kier alpha value is -1.39. The van der Waals surface area contributed by atoms with E-state index in [-0.39, 0.29) is 5.97 Å². The standard InChI is InChI=1S/C13H12ClNO2S/c1-7-4-5-9(6-10(7)14)12-15-8(2)11(18-12)13(16)17-3/h4-6H,1-3H3. The van der Waals surface area contributed by atoms with Crippen LogP contribution in [0, 0.1) is 13.8 Å². The number of aryl methyl sites for hydroxylation is 2. The summed E-state index contributed by atoms with van der Waals surface area (Å²) in [5, 5.41) is 1.47. The molecule has 0 spiro atoms. The maximum Gasteiger partial charge on any atom is 0.349 e. The highest BCUT2D eigenvalue weighted by Crippen LogP contribution is 2.30. The summed E-state index contributed by atoms with van der Waals surface area (Å²) in [5.74, 6) is -0.352. The minimum absolute atomic E-state index is 0.352. The van der Waals surface area contributed by atoms with E-state index in [9.17, 15) is 4.79 Å². The zero-order valence-corrected chi connectivity index (χ0v) is 11.9. The summed E-state index contributed by atoms with van der Waals surface area (Å²) >= 11 is 7.40. The second-order valence-electron chi connectivity index (χ2n) is 3.89. The molecule has 94 valence electrons. The maximum atomic E-state index is 11.5. The van der Waals surface area contributed by atoms with E-state index in [2.05, 4.69) is 4.98 Å². The molecule has 0 radical (unpaired) electrons. The Balaban J connectivity index is 2.45. The van der Waals surface area contributed by atoms with Gasteiger partial charge < -0.3 is 4.74 Å². The van der Waals surface area contributed by atoms with Gasteiger partial charge in [0.1, 0.15) is 9.88 Å². The third kappa shape index (κ3) is 2.40. The van der Waals surface area contributed by atoms with Gasteiger partial charge in [-0.15, -0.1) is 11.3 Å². The van der Waals surface area contributed by atoms with Crippen molar-refractivity contribution >= 4 is 28.9 Å². The Kier molecular flexibility index (Phi) is 3.68. The summed E-state index contributed by atoms with van der Waals surface area (Å²) in [6.45, 7) is 3.74. The van der Waals surface area contributed by atoms with Gasteiger partial charge in [0.15, 0.2) is 0 Å². The molecule has 0 aliphatic heterocycles. The van der Waals surface area contributed by atoms with Gasteiger partial charge in [-0.2, -0.15) is 0 Å². The van der Waals surface area contributed by atoms with E-state index in [1.807, 2.05) is 25.1 Å². The number of carbonyl (C=O) groups is 1. The van der Waals surface area contributed by atoms with Crippen LogP contribution in [0.5, 0.6) is 0 Å². The molecule has 1 aromatic carbocycles. The van der Waals surface area contributed by atoms with Gasteiger partial charge in [0.25, 0.3) is 0 Å². The molecule has 0 aliphatic carbocycles. The van der Waals surface area contributed by atoms with E-state index < -0.39 is 0 Å². The van der Waals surface area contributed by atoms with Gasteiger partial charge in [0, 0.05) is 10.6 Å². The average Bonchev–Trinajstić information content (AvgIpc) is 2.74. The number of esters is 1. The van der Waals surface area contributed by atoms with Gasteiger partial charge >= 0.3 is 5.97 Å². The molecule has 5 heteroatoms. The number of thiazole rings is 1. The first-order valence-corrected chi connectivity index (χ1v) is 6.54. The second-order valence-corrected chi connectivity index (χ2v) is 5.30. The van der Waals surface area contributed by atoms with E-state index in [4.69, 9.17) is 16.3 Å². The highest BCUT2D eigenvalue weighted by molar-refractivity contribution is 7.17. The maximum absolute atomic E-state index is 11.5. The van der Waals surface area contributed by atoms with Crippen LogP contribution < -0.4 is 0 Å². The summed E-state index contributed by atoms with van der Waals surface area (Å²) in [6, 6.07) is 5.74. The third-order valence-corrected chi connectivity index (χ3v) is 4.18. The number of rotatable bonds is 2. The summed E-state index contributed by atoms with van der Waals surface area (Å²) in [4.78, 5) is 16.4. The van der Waals surface area contributed by atoms with Crippen LogP contribution in [0.3, 0.4) is 0 Å². The minimum atomic E-state index is -0.352. The van der Waals surface area contributed by atoms with Crippen molar-refractivity contribution in [2.75, 3.05) is 7.11 Å². The summed E-state index contributed by atoms with van der Waals surface area (Å²) < 4.78 is 4.71. The van der Waals surface area contributed by atoms with Crippen molar-refractivity contribution in [3.8, 4) is 10.6 Å². The number of hydrogen-bond donors (Lipinski definition) is 0. The number of ether oxygens (including phenoxy) is 1. The van der Waals surface area contributed by atoms with Crippen LogP contribution in [0.15, 0.2) is 18.2 Å². The highest BCUT2D eigenvalue weighted by Gasteiger charge is 2.16. The predicted octanol–water partition coefficient (Wildman–Crippen LogP) is 3.87. The van der Waals surface area contributed by atoms with E-state index in [0.29, 0.717) is 15.6 Å². The number of aromatic nitrogens is 1. The molecule has 1 heterocycles. The fraction of sp³-hybridized carbons (Fsp3) is 0.231. The molecule has 18 heavy (non-hydrogen) atoms. The van der Waals surface area contributed by atoms with Crippen molar-refractivity contribution in [3.05, 3.63) is 39.4 Å². The lowest BCUT2D eigenvalue weighted by Crippen LogP contribution is -1.99. The van der Waals surface area contributed by atoms with E-state index >= 15 is 0 Å². The first kappa shape index (κ1) is 13.1. The predicted molar refractivity (Wildman–Crippen MR) is 73.4 cm³/mol. The molecule has 1 aromatic heterocycles. The van der Waals surface area contributed by atoms with Crippen molar-refractivity contribution in [2.24, 2.45) is 0 Å². The lowest BCUT2D eigenvalue weighted by molar-refractivity contribution is 0.0605. The highest BCUT2D eigenvalue weighted by atomic mass is 35.5. The molecule has 3 nitrogen and oxygen atoms in total. The molecule has 0 atom stereocenters. The lowest BCUT2D eigenvalue weighted by atomic mass is 10.1. The molecule has 0 saturated heterocycles. The van der Waals surface area contributed by atoms with Crippen molar-refractivity contribution < 1.29 is 9.53 Å². The molecule has 0 unspecified atom stereocenters. The molecule has 0 aliphatic rings. The second kappa shape index (κ2) is 5.08. The van der Waals surface area contributed by atoms with Crippen molar-refractivity contribution in [2.45, 2.75) is 13.8 Å². The van der Waals surface area contributed by atoms with Crippen LogP contribution in [0.4, 0.5) is 0 Å². The number of benzene rings is 1. The topological polar surface area (TPSA) is 39.2 Å². The first-order chi connectivity index (χ1) is 8.52. The molecule has 0 N–H and O–H groups in total. The summed E-state index contributed by atoms with van der Waals surface area (Å²) in [7, 11) is 1.36. The molecular weight excluding hydrogens is 270 g/mol.